The highest BCUT2D eigenvalue weighted by molar-refractivity contribution is 5.53. The van der Waals surface area contributed by atoms with Crippen molar-refractivity contribution in [3.8, 4) is 0 Å². The zero-order valence-corrected chi connectivity index (χ0v) is 9.15. The summed E-state index contributed by atoms with van der Waals surface area (Å²) in [5.74, 6) is 0.674. The minimum absolute atomic E-state index is 0.674. The van der Waals surface area contributed by atoms with Gasteiger partial charge in [-0.1, -0.05) is 0 Å². The van der Waals surface area contributed by atoms with Crippen LogP contribution in [0.1, 0.15) is 6.42 Å². The molecule has 0 saturated carbocycles. The lowest BCUT2D eigenvalue weighted by molar-refractivity contribution is 0.161. The number of hydrogen-bond acceptors (Lipinski definition) is 3. The lowest BCUT2D eigenvalue weighted by Crippen LogP contribution is -2.20. The number of methoxy groups -OCH3 is 1. The van der Waals surface area contributed by atoms with Crippen LogP contribution in [0.2, 0.25) is 0 Å². The maximum Gasteiger partial charge on any atom is 0.0508 e. The van der Waals surface area contributed by atoms with E-state index in [0.29, 0.717) is 5.92 Å². The van der Waals surface area contributed by atoms with Crippen LogP contribution in [0.3, 0.4) is 0 Å². The van der Waals surface area contributed by atoms with Crippen molar-refractivity contribution in [1.29, 1.82) is 0 Å². The summed E-state index contributed by atoms with van der Waals surface area (Å²) in [4.78, 5) is 2.39. The fraction of sp³-hybridized carbons (Fsp3) is 0.500. The van der Waals surface area contributed by atoms with E-state index in [-0.39, 0.29) is 0 Å². The Balaban J connectivity index is 1.98. The predicted molar refractivity (Wildman–Crippen MR) is 63.1 cm³/mol. The summed E-state index contributed by atoms with van der Waals surface area (Å²) in [6.07, 6.45) is 1.22. The molecule has 0 unspecified atom stereocenters. The number of nitrogens with two attached hydrogens (primary N) is 1. The van der Waals surface area contributed by atoms with Gasteiger partial charge in [-0.3, -0.25) is 0 Å². The predicted octanol–water partition coefficient (Wildman–Crippen LogP) is 1.74. The van der Waals surface area contributed by atoms with Crippen molar-refractivity contribution in [3.63, 3.8) is 0 Å². The first-order chi connectivity index (χ1) is 7.29. The third kappa shape index (κ3) is 2.42. The molecule has 0 amide bonds. The van der Waals surface area contributed by atoms with Gasteiger partial charge in [-0.05, 0) is 30.7 Å². The molecule has 2 rings (SSSR count). The van der Waals surface area contributed by atoms with E-state index in [2.05, 4.69) is 17.0 Å². The highest BCUT2D eigenvalue weighted by Gasteiger charge is 2.22. The summed E-state index contributed by atoms with van der Waals surface area (Å²) in [6.45, 7) is 3.08. The SMILES string of the molecule is COC[C@@H]1CCN(c2ccc(N)cc2)C1. The lowest BCUT2D eigenvalue weighted by Gasteiger charge is -2.18. The second-order valence-electron chi connectivity index (χ2n) is 4.15. The van der Waals surface area contributed by atoms with E-state index in [1.54, 1.807) is 7.11 Å². The van der Waals surface area contributed by atoms with E-state index in [0.717, 1.165) is 25.4 Å². The van der Waals surface area contributed by atoms with E-state index in [4.69, 9.17) is 10.5 Å². The van der Waals surface area contributed by atoms with Crippen molar-refractivity contribution in [1.82, 2.24) is 0 Å². The number of ether oxygens (including phenoxy) is 1. The Kier molecular flexibility index (Phi) is 3.11. The molecule has 2 N–H and O–H groups in total. The third-order valence-electron chi connectivity index (χ3n) is 2.95. The molecule has 1 aromatic rings. The van der Waals surface area contributed by atoms with Crippen LogP contribution in [0.25, 0.3) is 0 Å². The van der Waals surface area contributed by atoms with Crippen LogP contribution in [-0.4, -0.2) is 26.8 Å². The Labute approximate surface area is 90.8 Å². The van der Waals surface area contributed by atoms with Gasteiger partial charge in [-0.2, -0.15) is 0 Å². The molecule has 1 heterocycles. The van der Waals surface area contributed by atoms with E-state index < -0.39 is 0 Å². The van der Waals surface area contributed by atoms with Crippen molar-refractivity contribution < 1.29 is 4.74 Å². The minimum Gasteiger partial charge on any atom is -0.399 e. The maximum absolute atomic E-state index is 5.66. The van der Waals surface area contributed by atoms with Crippen LogP contribution < -0.4 is 10.6 Å². The van der Waals surface area contributed by atoms with Gasteiger partial charge in [0.1, 0.15) is 0 Å². The van der Waals surface area contributed by atoms with Gasteiger partial charge in [-0.25, -0.2) is 0 Å². The lowest BCUT2D eigenvalue weighted by atomic mass is 10.1. The average molecular weight is 206 g/mol. The van der Waals surface area contributed by atoms with Crippen LogP contribution in [-0.2, 0) is 4.74 Å². The van der Waals surface area contributed by atoms with Crippen molar-refractivity contribution in [2.75, 3.05) is 37.4 Å². The highest BCUT2D eigenvalue weighted by Crippen LogP contribution is 2.24. The fourth-order valence-corrected chi connectivity index (χ4v) is 2.12. The fourth-order valence-electron chi connectivity index (χ4n) is 2.12. The summed E-state index contributed by atoms with van der Waals surface area (Å²) >= 11 is 0. The number of nitrogens with zero attached hydrogens (tertiary/aromatic N) is 1. The molecule has 1 aliphatic heterocycles. The molecule has 3 nitrogen and oxygen atoms in total. The first-order valence-electron chi connectivity index (χ1n) is 5.39. The molecule has 0 bridgehead atoms. The van der Waals surface area contributed by atoms with Crippen molar-refractivity contribution >= 4 is 11.4 Å². The molecule has 82 valence electrons. The Morgan fingerprint density at radius 1 is 1.40 bits per heavy atom. The number of nitrogen functional groups attached to an aromatic ring is 1. The van der Waals surface area contributed by atoms with E-state index in [1.807, 2.05) is 12.1 Å². The minimum atomic E-state index is 0.674. The first kappa shape index (κ1) is 10.3. The second kappa shape index (κ2) is 4.53. The maximum atomic E-state index is 5.66. The topological polar surface area (TPSA) is 38.5 Å². The molecule has 15 heavy (non-hydrogen) atoms. The smallest absolute Gasteiger partial charge is 0.0508 e. The van der Waals surface area contributed by atoms with Crippen molar-refractivity contribution in [2.45, 2.75) is 6.42 Å². The van der Waals surface area contributed by atoms with Crippen molar-refractivity contribution in [3.05, 3.63) is 24.3 Å². The molecular formula is C12H18N2O. The summed E-state index contributed by atoms with van der Waals surface area (Å²) in [5, 5.41) is 0. The highest BCUT2D eigenvalue weighted by atomic mass is 16.5. The number of rotatable bonds is 3. The van der Waals surface area contributed by atoms with Crippen LogP contribution in [0, 0.1) is 5.92 Å². The van der Waals surface area contributed by atoms with Gasteiger partial charge in [0, 0.05) is 37.5 Å². The van der Waals surface area contributed by atoms with E-state index in [9.17, 15) is 0 Å². The van der Waals surface area contributed by atoms with Crippen molar-refractivity contribution in [2.24, 2.45) is 5.92 Å². The van der Waals surface area contributed by atoms with Gasteiger partial charge in [0.2, 0.25) is 0 Å². The number of benzene rings is 1. The number of anilines is 2. The summed E-state index contributed by atoms with van der Waals surface area (Å²) in [6, 6.07) is 8.09. The van der Waals surface area contributed by atoms with Gasteiger partial charge in [0.05, 0.1) is 6.61 Å². The Morgan fingerprint density at radius 3 is 2.80 bits per heavy atom. The van der Waals surface area contributed by atoms with Gasteiger partial charge in [0.25, 0.3) is 0 Å². The van der Waals surface area contributed by atoms with Crippen LogP contribution in [0.15, 0.2) is 24.3 Å². The molecule has 0 radical (unpaired) electrons. The normalized spacial score (nSPS) is 20.9. The third-order valence-corrected chi connectivity index (χ3v) is 2.95. The Morgan fingerprint density at radius 2 is 2.13 bits per heavy atom. The van der Waals surface area contributed by atoms with Crippen LogP contribution in [0.4, 0.5) is 11.4 Å². The summed E-state index contributed by atoms with van der Waals surface area (Å²) in [7, 11) is 1.77. The molecule has 1 aliphatic rings. The molecular weight excluding hydrogens is 188 g/mol. The first-order valence-corrected chi connectivity index (χ1v) is 5.39. The summed E-state index contributed by atoms with van der Waals surface area (Å²) < 4.78 is 5.18. The standard InChI is InChI=1S/C12H18N2O/c1-15-9-10-6-7-14(8-10)12-4-2-11(13)3-5-12/h2-5,10H,6-9,13H2,1H3/t10-/m1/s1. The van der Waals surface area contributed by atoms with Crippen LogP contribution in [0.5, 0.6) is 0 Å². The van der Waals surface area contributed by atoms with Crippen LogP contribution >= 0.6 is 0 Å². The Bertz CT molecular complexity index is 310. The largest absolute Gasteiger partial charge is 0.399 e. The van der Waals surface area contributed by atoms with E-state index in [1.165, 1.54) is 12.1 Å². The molecule has 1 saturated heterocycles. The van der Waals surface area contributed by atoms with Gasteiger partial charge >= 0.3 is 0 Å². The van der Waals surface area contributed by atoms with E-state index >= 15 is 0 Å². The van der Waals surface area contributed by atoms with Gasteiger partial charge in [0.15, 0.2) is 0 Å². The second-order valence-corrected chi connectivity index (χ2v) is 4.15. The molecule has 3 heteroatoms. The van der Waals surface area contributed by atoms with Gasteiger partial charge < -0.3 is 15.4 Å². The zero-order valence-electron chi connectivity index (χ0n) is 9.15. The summed E-state index contributed by atoms with van der Waals surface area (Å²) in [5.41, 5.74) is 7.75. The molecule has 0 spiro atoms. The molecule has 1 aromatic carbocycles. The molecule has 1 atom stereocenters. The average Bonchev–Trinajstić information content (AvgIpc) is 2.68. The number of hydrogen-bond donors (Lipinski definition) is 1. The molecule has 1 fully saturated rings. The molecule has 0 aliphatic carbocycles. The van der Waals surface area contributed by atoms with Gasteiger partial charge in [-0.15, -0.1) is 0 Å². The Hall–Kier alpha value is -1.22. The monoisotopic (exact) mass is 206 g/mol. The molecule has 0 aromatic heterocycles. The quantitative estimate of drug-likeness (QED) is 0.766. The zero-order chi connectivity index (χ0) is 10.7.